The number of halogens is 1. The second-order valence-corrected chi connectivity index (χ2v) is 4.23. The molecule has 0 aliphatic heterocycles. The summed E-state index contributed by atoms with van der Waals surface area (Å²) in [7, 11) is 0. The summed E-state index contributed by atoms with van der Waals surface area (Å²) >= 11 is 6.09. The van der Waals surface area contributed by atoms with Gasteiger partial charge in [-0.1, -0.05) is 41.9 Å². The van der Waals surface area contributed by atoms with Crippen LogP contribution in [-0.4, -0.2) is 21.1 Å². The van der Waals surface area contributed by atoms with Crippen molar-refractivity contribution in [2.24, 2.45) is 5.10 Å². The minimum atomic E-state index is 0.550. The molecular weight excluding hydrogens is 248 g/mol. The Kier molecular flexibility index (Phi) is 3.89. The van der Waals surface area contributed by atoms with Gasteiger partial charge < -0.3 is 0 Å². The number of aromatic nitrogens is 3. The first kappa shape index (κ1) is 12.5. The lowest BCUT2D eigenvalue weighted by molar-refractivity contribution is 0.799. The van der Waals surface area contributed by atoms with E-state index in [1.165, 1.54) is 0 Å². The molecule has 1 aromatic carbocycles. The van der Waals surface area contributed by atoms with Crippen molar-refractivity contribution in [1.29, 1.82) is 0 Å². The molecule has 0 N–H and O–H groups in total. The quantitative estimate of drug-likeness (QED) is 0.796. The molecule has 0 saturated heterocycles. The Bertz CT molecular complexity index is 565. The van der Waals surface area contributed by atoms with E-state index in [1.807, 2.05) is 50.3 Å². The van der Waals surface area contributed by atoms with Gasteiger partial charge in [0, 0.05) is 0 Å². The molecule has 4 nitrogen and oxygen atoms in total. The van der Waals surface area contributed by atoms with Crippen LogP contribution in [-0.2, 0) is 0 Å². The van der Waals surface area contributed by atoms with Crippen molar-refractivity contribution in [3.63, 3.8) is 0 Å². The maximum Gasteiger partial charge on any atom is 0.151 e. The number of hydrogen-bond acceptors (Lipinski definition) is 3. The van der Waals surface area contributed by atoms with E-state index < -0.39 is 0 Å². The monoisotopic (exact) mass is 260 g/mol. The highest BCUT2D eigenvalue weighted by Gasteiger charge is 2.01. The Morgan fingerprint density at radius 3 is 2.39 bits per heavy atom. The Hall–Kier alpha value is -1.94. The van der Waals surface area contributed by atoms with Gasteiger partial charge in [0.2, 0.25) is 0 Å². The zero-order chi connectivity index (χ0) is 13.0. The Labute approximate surface area is 111 Å². The summed E-state index contributed by atoms with van der Waals surface area (Å²) in [6, 6.07) is 9.84. The van der Waals surface area contributed by atoms with Gasteiger partial charge in [-0.15, -0.1) is 10.2 Å². The molecule has 0 aliphatic rings. The average Bonchev–Trinajstić information content (AvgIpc) is 2.68. The first-order valence-electron chi connectivity index (χ1n) is 5.52. The highest BCUT2D eigenvalue weighted by Crippen LogP contribution is 2.08. The third kappa shape index (κ3) is 3.05. The molecule has 0 atom stereocenters. The van der Waals surface area contributed by atoms with Crippen LogP contribution in [0.15, 0.2) is 40.5 Å². The van der Waals surface area contributed by atoms with Crippen molar-refractivity contribution in [2.45, 2.75) is 13.8 Å². The van der Waals surface area contributed by atoms with Crippen LogP contribution < -0.4 is 0 Å². The lowest BCUT2D eigenvalue weighted by Gasteiger charge is -1.97. The Morgan fingerprint density at radius 1 is 1.17 bits per heavy atom. The molecule has 92 valence electrons. The Morgan fingerprint density at radius 2 is 1.78 bits per heavy atom. The highest BCUT2D eigenvalue weighted by molar-refractivity contribution is 6.41. The van der Waals surface area contributed by atoms with Gasteiger partial charge in [-0.3, -0.25) is 0 Å². The second kappa shape index (κ2) is 5.60. The molecule has 0 spiro atoms. The molecule has 0 fully saturated rings. The Balaban J connectivity index is 2.17. The maximum atomic E-state index is 6.09. The van der Waals surface area contributed by atoms with E-state index in [-0.39, 0.29) is 0 Å². The largest absolute Gasteiger partial charge is 0.202 e. The van der Waals surface area contributed by atoms with Crippen LogP contribution in [0.1, 0.15) is 17.2 Å². The van der Waals surface area contributed by atoms with E-state index in [0.717, 1.165) is 17.2 Å². The van der Waals surface area contributed by atoms with Gasteiger partial charge >= 0.3 is 0 Å². The van der Waals surface area contributed by atoms with Gasteiger partial charge in [0.25, 0.3) is 0 Å². The average molecular weight is 261 g/mol. The van der Waals surface area contributed by atoms with Crippen LogP contribution in [0.2, 0.25) is 0 Å². The highest BCUT2D eigenvalue weighted by atomic mass is 35.5. The summed E-state index contributed by atoms with van der Waals surface area (Å²) in [5.41, 5.74) is 1.03. The fourth-order valence-corrected chi connectivity index (χ4v) is 1.66. The van der Waals surface area contributed by atoms with Crippen LogP contribution in [0.4, 0.5) is 0 Å². The van der Waals surface area contributed by atoms with Crippen LogP contribution in [0.5, 0.6) is 0 Å². The number of rotatable bonds is 3. The molecule has 0 bridgehead atoms. The van der Waals surface area contributed by atoms with Gasteiger partial charge in [0.1, 0.15) is 0 Å². The van der Waals surface area contributed by atoms with Gasteiger partial charge in [-0.05, 0) is 25.5 Å². The maximum absolute atomic E-state index is 6.09. The summed E-state index contributed by atoms with van der Waals surface area (Å²) in [6.45, 7) is 3.68. The minimum absolute atomic E-state index is 0.550. The molecule has 0 radical (unpaired) electrons. The van der Waals surface area contributed by atoms with Gasteiger partial charge in [0.15, 0.2) is 11.6 Å². The minimum Gasteiger partial charge on any atom is -0.202 e. The zero-order valence-electron chi connectivity index (χ0n) is 10.2. The predicted molar refractivity (Wildman–Crippen MR) is 73.7 cm³/mol. The van der Waals surface area contributed by atoms with Crippen LogP contribution in [0.25, 0.3) is 6.08 Å². The van der Waals surface area contributed by atoms with E-state index in [0.29, 0.717) is 5.03 Å². The summed E-state index contributed by atoms with van der Waals surface area (Å²) < 4.78 is 1.64. The summed E-state index contributed by atoms with van der Waals surface area (Å²) in [5.74, 6) is 1.46. The van der Waals surface area contributed by atoms with Crippen molar-refractivity contribution in [2.75, 3.05) is 0 Å². The third-order valence-corrected chi connectivity index (χ3v) is 2.56. The zero-order valence-corrected chi connectivity index (χ0v) is 11.0. The number of allylic oxidation sites excluding steroid dienone is 1. The van der Waals surface area contributed by atoms with Crippen molar-refractivity contribution < 1.29 is 0 Å². The van der Waals surface area contributed by atoms with Gasteiger partial charge in [-0.2, -0.15) is 5.10 Å². The lowest BCUT2D eigenvalue weighted by Crippen LogP contribution is -1.95. The van der Waals surface area contributed by atoms with Crippen molar-refractivity contribution >= 4 is 23.9 Å². The molecule has 0 saturated carbocycles. The molecule has 0 amide bonds. The molecule has 18 heavy (non-hydrogen) atoms. The van der Waals surface area contributed by atoms with E-state index in [1.54, 1.807) is 10.9 Å². The fraction of sp³-hybridized carbons (Fsp3) is 0.154. The number of nitrogens with zero attached hydrogens (tertiary/aromatic N) is 4. The smallest absolute Gasteiger partial charge is 0.151 e. The lowest BCUT2D eigenvalue weighted by atomic mass is 10.2. The van der Waals surface area contributed by atoms with E-state index in [2.05, 4.69) is 15.3 Å². The predicted octanol–water partition coefficient (Wildman–Crippen LogP) is 3.01. The SMILES string of the molecule is Cc1nnc(C)n1N=CC(Cl)=Cc1ccccc1. The van der Waals surface area contributed by atoms with Crippen LogP contribution in [0.3, 0.4) is 0 Å². The fourth-order valence-electron chi connectivity index (χ4n) is 1.49. The number of hydrogen-bond donors (Lipinski definition) is 0. The molecular formula is C13H13ClN4. The molecule has 5 heteroatoms. The van der Waals surface area contributed by atoms with Crippen LogP contribution >= 0.6 is 11.6 Å². The summed E-state index contributed by atoms with van der Waals surface area (Å²) in [6.07, 6.45) is 3.43. The number of aryl methyl sites for hydroxylation is 2. The second-order valence-electron chi connectivity index (χ2n) is 3.79. The van der Waals surface area contributed by atoms with Crippen molar-refractivity contribution in [3.8, 4) is 0 Å². The van der Waals surface area contributed by atoms with E-state index in [4.69, 9.17) is 11.6 Å². The molecule has 1 heterocycles. The first-order chi connectivity index (χ1) is 8.66. The molecule has 0 unspecified atom stereocenters. The van der Waals surface area contributed by atoms with E-state index >= 15 is 0 Å². The summed E-state index contributed by atoms with van der Waals surface area (Å²) in [4.78, 5) is 0. The van der Waals surface area contributed by atoms with Crippen molar-refractivity contribution in [3.05, 3.63) is 52.6 Å². The molecule has 0 aliphatic carbocycles. The normalized spacial score (nSPS) is 12.3. The van der Waals surface area contributed by atoms with Gasteiger partial charge in [-0.25, -0.2) is 4.68 Å². The molecule has 1 aromatic heterocycles. The van der Waals surface area contributed by atoms with Crippen molar-refractivity contribution in [1.82, 2.24) is 14.9 Å². The number of benzene rings is 1. The first-order valence-corrected chi connectivity index (χ1v) is 5.90. The third-order valence-electron chi connectivity index (χ3n) is 2.35. The van der Waals surface area contributed by atoms with Gasteiger partial charge in [0.05, 0.1) is 11.2 Å². The standard InChI is InChI=1S/C13H13ClN4/c1-10-16-17-11(2)18(10)15-9-13(14)8-12-6-4-3-5-7-12/h3-9H,1-2H3. The molecule has 2 rings (SSSR count). The van der Waals surface area contributed by atoms with E-state index in [9.17, 15) is 0 Å². The topological polar surface area (TPSA) is 43.1 Å². The molecule has 2 aromatic rings. The summed E-state index contributed by atoms with van der Waals surface area (Å²) in [5, 5.41) is 12.6. The van der Waals surface area contributed by atoms with Crippen LogP contribution in [0, 0.1) is 13.8 Å².